The fraction of sp³-hybridized carbons (Fsp3) is 0.500. The molecule has 0 aliphatic carbocycles. The van der Waals surface area contributed by atoms with Crippen LogP contribution in [0, 0.1) is 0 Å². The molecule has 1 aliphatic rings. The summed E-state index contributed by atoms with van der Waals surface area (Å²) >= 11 is 0. The highest BCUT2D eigenvalue weighted by Gasteiger charge is 2.23. The Hall–Kier alpha value is -1.85. The first-order valence-electron chi connectivity index (χ1n) is 5.02. The lowest BCUT2D eigenvalue weighted by molar-refractivity contribution is 0.0315. The first kappa shape index (κ1) is 10.7. The standard InChI is InChI=1S/C10H14N4O2/c1-10(2,3)16-9(15)13-4-5-14-8(6-13)11-7-12-14/h4-5,7H,6H2,1-3H3. The van der Waals surface area contributed by atoms with Crippen molar-refractivity contribution in [1.29, 1.82) is 0 Å². The number of nitrogens with zero attached hydrogens (tertiary/aromatic N) is 4. The van der Waals surface area contributed by atoms with Crippen molar-refractivity contribution in [2.75, 3.05) is 0 Å². The van der Waals surface area contributed by atoms with Crippen LogP contribution in [0.25, 0.3) is 6.20 Å². The molecule has 1 aliphatic heterocycles. The van der Waals surface area contributed by atoms with Gasteiger partial charge in [-0.25, -0.2) is 14.5 Å². The van der Waals surface area contributed by atoms with E-state index in [0.29, 0.717) is 12.4 Å². The van der Waals surface area contributed by atoms with Gasteiger partial charge in [-0.15, -0.1) is 0 Å². The third-order valence-electron chi connectivity index (χ3n) is 1.97. The second-order valence-corrected chi connectivity index (χ2v) is 4.53. The molecule has 0 aromatic carbocycles. The first-order chi connectivity index (χ1) is 7.46. The minimum atomic E-state index is -0.490. The molecule has 0 saturated carbocycles. The Balaban J connectivity index is 2.06. The highest BCUT2D eigenvalue weighted by Crippen LogP contribution is 2.14. The van der Waals surface area contributed by atoms with Crippen LogP contribution in [0.15, 0.2) is 12.5 Å². The van der Waals surface area contributed by atoms with Crippen molar-refractivity contribution >= 4 is 12.3 Å². The van der Waals surface area contributed by atoms with Crippen LogP contribution in [0.4, 0.5) is 4.79 Å². The quantitative estimate of drug-likeness (QED) is 0.666. The largest absolute Gasteiger partial charge is 0.443 e. The van der Waals surface area contributed by atoms with Crippen molar-refractivity contribution in [2.24, 2.45) is 0 Å². The summed E-state index contributed by atoms with van der Waals surface area (Å²) in [7, 11) is 0. The van der Waals surface area contributed by atoms with E-state index in [0.717, 1.165) is 0 Å². The number of rotatable bonds is 0. The average molecular weight is 222 g/mol. The Morgan fingerprint density at radius 1 is 1.44 bits per heavy atom. The molecule has 16 heavy (non-hydrogen) atoms. The molecule has 1 amide bonds. The summed E-state index contributed by atoms with van der Waals surface area (Å²) in [6.45, 7) is 5.88. The lowest BCUT2D eigenvalue weighted by Crippen LogP contribution is -2.35. The van der Waals surface area contributed by atoms with Crippen LogP contribution in [0.1, 0.15) is 26.6 Å². The van der Waals surface area contributed by atoms with Gasteiger partial charge in [-0.3, -0.25) is 4.90 Å². The highest BCUT2D eigenvalue weighted by molar-refractivity contribution is 5.70. The summed E-state index contributed by atoms with van der Waals surface area (Å²) in [6.07, 6.45) is 4.39. The molecular formula is C10H14N4O2. The molecule has 1 aromatic heterocycles. The second kappa shape index (κ2) is 3.62. The van der Waals surface area contributed by atoms with Gasteiger partial charge in [0.2, 0.25) is 0 Å². The van der Waals surface area contributed by atoms with Crippen LogP contribution in [0.3, 0.4) is 0 Å². The maximum Gasteiger partial charge on any atom is 0.414 e. The van der Waals surface area contributed by atoms with Crippen LogP contribution in [0.2, 0.25) is 0 Å². The normalized spacial score (nSPS) is 14.8. The van der Waals surface area contributed by atoms with Crippen molar-refractivity contribution in [3.63, 3.8) is 0 Å². The molecule has 0 fully saturated rings. The molecule has 2 heterocycles. The van der Waals surface area contributed by atoms with Crippen LogP contribution in [-0.2, 0) is 11.3 Å². The van der Waals surface area contributed by atoms with Gasteiger partial charge in [-0.1, -0.05) is 0 Å². The second-order valence-electron chi connectivity index (χ2n) is 4.53. The number of ether oxygens (including phenoxy) is 1. The Morgan fingerprint density at radius 3 is 2.88 bits per heavy atom. The minimum absolute atomic E-state index is 0.377. The van der Waals surface area contributed by atoms with Crippen LogP contribution >= 0.6 is 0 Å². The first-order valence-corrected chi connectivity index (χ1v) is 5.02. The van der Waals surface area contributed by atoms with E-state index >= 15 is 0 Å². The summed E-state index contributed by atoms with van der Waals surface area (Å²) in [5, 5.41) is 3.97. The Labute approximate surface area is 93.5 Å². The van der Waals surface area contributed by atoms with E-state index in [9.17, 15) is 4.79 Å². The van der Waals surface area contributed by atoms with E-state index in [2.05, 4.69) is 10.1 Å². The van der Waals surface area contributed by atoms with Gasteiger partial charge in [0.15, 0.2) is 5.82 Å². The Morgan fingerprint density at radius 2 is 2.19 bits per heavy atom. The molecule has 6 nitrogen and oxygen atoms in total. The molecule has 6 heteroatoms. The molecule has 0 spiro atoms. The van der Waals surface area contributed by atoms with Crippen molar-refractivity contribution in [2.45, 2.75) is 32.9 Å². The summed E-state index contributed by atoms with van der Waals surface area (Å²) < 4.78 is 6.87. The molecular weight excluding hydrogens is 208 g/mol. The molecule has 0 N–H and O–H groups in total. The number of carbonyl (C=O) groups excluding carboxylic acids is 1. The van der Waals surface area contributed by atoms with Crippen molar-refractivity contribution in [3.8, 4) is 0 Å². The molecule has 86 valence electrons. The number of hydrogen-bond acceptors (Lipinski definition) is 4. The van der Waals surface area contributed by atoms with Gasteiger partial charge < -0.3 is 4.74 Å². The average Bonchev–Trinajstić information content (AvgIpc) is 2.61. The summed E-state index contributed by atoms with van der Waals surface area (Å²) in [6, 6.07) is 0. The molecule has 0 saturated heterocycles. The van der Waals surface area contributed by atoms with Crippen LogP contribution in [0.5, 0.6) is 0 Å². The lowest BCUT2D eigenvalue weighted by Gasteiger charge is -2.26. The maximum absolute atomic E-state index is 11.7. The van der Waals surface area contributed by atoms with Gasteiger partial charge in [0.25, 0.3) is 0 Å². The maximum atomic E-state index is 11.7. The topological polar surface area (TPSA) is 60.2 Å². The minimum Gasteiger partial charge on any atom is -0.443 e. The van der Waals surface area contributed by atoms with Gasteiger partial charge in [0.1, 0.15) is 11.9 Å². The zero-order valence-electron chi connectivity index (χ0n) is 9.54. The monoisotopic (exact) mass is 222 g/mol. The van der Waals surface area contributed by atoms with E-state index in [1.807, 2.05) is 20.8 Å². The summed E-state index contributed by atoms with van der Waals surface area (Å²) in [4.78, 5) is 17.2. The zero-order valence-corrected chi connectivity index (χ0v) is 9.54. The highest BCUT2D eigenvalue weighted by atomic mass is 16.6. The van der Waals surface area contributed by atoms with E-state index in [4.69, 9.17) is 4.74 Å². The number of carbonyl (C=O) groups is 1. The van der Waals surface area contributed by atoms with Crippen molar-refractivity contribution < 1.29 is 9.53 Å². The fourth-order valence-electron chi connectivity index (χ4n) is 1.31. The van der Waals surface area contributed by atoms with Gasteiger partial charge in [-0.05, 0) is 20.8 Å². The van der Waals surface area contributed by atoms with E-state index < -0.39 is 5.60 Å². The molecule has 0 unspecified atom stereocenters. The third kappa shape index (κ3) is 2.21. The summed E-state index contributed by atoms with van der Waals surface area (Å²) in [5.74, 6) is 0.716. The van der Waals surface area contributed by atoms with E-state index in [-0.39, 0.29) is 6.09 Å². The SMILES string of the molecule is CC(C)(C)OC(=O)N1C=Cn2ncnc2C1. The van der Waals surface area contributed by atoms with Crippen molar-refractivity contribution in [1.82, 2.24) is 19.7 Å². The third-order valence-corrected chi connectivity index (χ3v) is 1.97. The Bertz CT molecular complexity index is 430. The number of hydrogen-bond donors (Lipinski definition) is 0. The molecule has 2 rings (SSSR count). The van der Waals surface area contributed by atoms with Gasteiger partial charge >= 0.3 is 6.09 Å². The van der Waals surface area contributed by atoms with E-state index in [1.54, 1.807) is 17.1 Å². The van der Waals surface area contributed by atoms with Gasteiger partial charge in [-0.2, -0.15) is 5.10 Å². The Kier molecular flexibility index (Phi) is 2.41. The van der Waals surface area contributed by atoms with E-state index in [1.165, 1.54) is 11.2 Å². The number of amides is 1. The van der Waals surface area contributed by atoms with Crippen molar-refractivity contribution in [3.05, 3.63) is 18.4 Å². The lowest BCUT2D eigenvalue weighted by atomic mass is 10.2. The molecule has 0 bridgehead atoms. The van der Waals surface area contributed by atoms with Gasteiger partial charge in [0, 0.05) is 12.4 Å². The fourth-order valence-corrected chi connectivity index (χ4v) is 1.31. The van der Waals surface area contributed by atoms with Crippen LogP contribution in [-0.4, -0.2) is 31.4 Å². The molecule has 0 radical (unpaired) electrons. The number of fused-ring (bicyclic) bond motifs is 1. The van der Waals surface area contributed by atoms with Crippen LogP contribution < -0.4 is 0 Å². The summed E-state index contributed by atoms with van der Waals surface area (Å²) in [5.41, 5.74) is -0.490. The number of aromatic nitrogens is 3. The predicted octanol–water partition coefficient (Wildman–Crippen LogP) is 1.46. The smallest absolute Gasteiger partial charge is 0.414 e. The predicted molar refractivity (Wildman–Crippen MR) is 57.1 cm³/mol. The zero-order chi connectivity index (χ0) is 11.8. The molecule has 1 aromatic rings. The van der Waals surface area contributed by atoms with Gasteiger partial charge in [0.05, 0.1) is 6.54 Å². The molecule has 0 atom stereocenters.